The van der Waals surface area contributed by atoms with Crippen molar-refractivity contribution in [1.82, 2.24) is 9.97 Å². The Hall–Kier alpha value is -2.08. The number of nitrogens with two attached hydrogens (primary N) is 1. The third kappa shape index (κ3) is 3.23. The molecule has 0 aliphatic carbocycles. The van der Waals surface area contributed by atoms with E-state index in [0.717, 1.165) is 6.07 Å². The summed E-state index contributed by atoms with van der Waals surface area (Å²) < 4.78 is 31.7. The van der Waals surface area contributed by atoms with Gasteiger partial charge in [-0.1, -0.05) is 0 Å². The van der Waals surface area contributed by atoms with Gasteiger partial charge in [0.25, 0.3) is 0 Å². The van der Waals surface area contributed by atoms with Gasteiger partial charge in [0.05, 0.1) is 5.69 Å². The molecule has 19 heavy (non-hydrogen) atoms. The minimum Gasteiger partial charge on any atom is -0.384 e. The number of nitrogen functional groups attached to an aromatic ring is 1. The van der Waals surface area contributed by atoms with Crippen LogP contribution in [0.25, 0.3) is 11.3 Å². The summed E-state index contributed by atoms with van der Waals surface area (Å²) in [6.07, 6.45) is 0. The fraction of sp³-hybridized carbons (Fsp3) is 0.231. The van der Waals surface area contributed by atoms with Gasteiger partial charge in [-0.15, -0.1) is 0 Å². The van der Waals surface area contributed by atoms with Gasteiger partial charge in [0.1, 0.15) is 24.1 Å². The maximum atomic E-state index is 13.7. The maximum Gasteiger partial charge on any atom is 0.157 e. The molecule has 2 aromatic rings. The fourth-order valence-corrected chi connectivity index (χ4v) is 1.61. The molecule has 0 bridgehead atoms. The van der Waals surface area contributed by atoms with Crippen LogP contribution >= 0.6 is 0 Å². The highest BCUT2D eigenvalue weighted by atomic mass is 19.1. The van der Waals surface area contributed by atoms with Gasteiger partial charge in [0, 0.05) is 24.3 Å². The number of halogens is 2. The molecule has 0 unspecified atom stereocenters. The summed E-state index contributed by atoms with van der Waals surface area (Å²) in [6.45, 7) is 2.54. The molecule has 4 nitrogen and oxygen atoms in total. The average molecular weight is 265 g/mol. The number of anilines is 1. The van der Waals surface area contributed by atoms with Gasteiger partial charge < -0.3 is 10.5 Å². The number of rotatable bonds is 4. The smallest absolute Gasteiger partial charge is 0.157 e. The molecule has 0 saturated carbocycles. The van der Waals surface area contributed by atoms with Crippen LogP contribution in [-0.4, -0.2) is 16.6 Å². The second kappa shape index (κ2) is 5.71. The van der Waals surface area contributed by atoms with E-state index in [4.69, 9.17) is 10.5 Å². The Balaban J connectivity index is 2.41. The van der Waals surface area contributed by atoms with Gasteiger partial charge in [0.15, 0.2) is 5.82 Å². The van der Waals surface area contributed by atoms with Gasteiger partial charge in [-0.25, -0.2) is 18.7 Å². The molecular formula is C13H13F2N3O. The van der Waals surface area contributed by atoms with Crippen molar-refractivity contribution in [3.8, 4) is 11.3 Å². The minimum absolute atomic E-state index is 0.174. The Morgan fingerprint density at radius 3 is 2.68 bits per heavy atom. The van der Waals surface area contributed by atoms with Crippen molar-refractivity contribution in [3.63, 3.8) is 0 Å². The van der Waals surface area contributed by atoms with E-state index in [1.54, 1.807) is 0 Å². The monoisotopic (exact) mass is 265 g/mol. The third-order valence-electron chi connectivity index (χ3n) is 2.43. The number of aromatic nitrogens is 2. The van der Waals surface area contributed by atoms with Crippen molar-refractivity contribution >= 4 is 5.82 Å². The van der Waals surface area contributed by atoms with Crippen LogP contribution in [0.15, 0.2) is 24.3 Å². The van der Waals surface area contributed by atoms with Gasteiger partial charge in [-0.2, -0.15) is 0 Å². The zero-order chi connectivity index (χ0) is 13.8. The van der Waals surface area contributed by atoms with Gasteiger partial charge in [0.2, 0.25) is 0 Å². The SMILES string of the molecule is CCOCc1nc(N)cc(-c2ccc(F)cc2F)n1. The quantitative estimate of drug-likeness (QED) is 0.922. The van der Waals surface area contributed by atoms with Crippen LogP contribution in [0.4, 0.5) is 14.6 Å². The zero-order valence-corrected chi connectivity index (χ0v) is 10.4. The van der Waals surface area contributed by atoms with E-state index < -0.39 is 11.6 Å². The lowest BCUT2D eigenvalue weighted by Gasteiger charge is -2.07. The molecule has 100 valence electrons. The fourth-order valence-electron chi connectivity index (χ4n) is 1.61. The number of benzene rings is 1. The topological polar surface area (TPSA) is 61.0 Å². The van der Waals surface area contributed by atoms with E-state index in [1.165, 1.54) is 18.2 Å². The number of hydrogen-bond acceptors (Lipinski definition) is 4. The third-order valence-corrected chi connectivity index (χ3v) is 2.43. The Morgan fingerprint density at radius 2 is 2.00 bits per heavy atom. The van der Waals surface area contributed by atoms with Crippen molar-refractivity contribution in [2.24, 2.45) is 0 Å². The van der Waals surface area contributed by atoms with Crippen LogP contribution in [0.5, 0.6) is 0 Å². The molecule has 1 aromatic carbocycles. The first-order valence-electron chi connectivity index (χ1n) is 5.76. The van der Waals surface area contributed by atoms with Crippen molar-refractivity contribution in [1.29, 1.82) is 0 Å². The standard InChI is InChI=1S/C13H13F2N3O/c1-2-19-7-13-17-11(6-12(16)18-13)9-4-3-8(14)5-10(9)15/h3-6H,2,7H2,1H3,(H2,16,17,18). The lowest BCUT2D eigenvalue weighted by molar-refractivity contribution is 0.128. The molecule has 0 amide bonds. The first-order chi connectivity index (χ1) is 9.10. The number of nitrogens with zero attached hydrogens (tertiary/aromatic N) is 2. The summed E-state index contributed by atoms with van der Waals surface area (Å²) in [5, 5.41) is 0. The maximum absolute atomic E-state index is 13.7. The normalized spacial score (nSPS) is 10.7. The van der Waals surface area contributed by atoms with E-state index in [-0.39, 0.29) is 18.0 Å². The molecule has 0 spiro atoms. The Bertz CT molecular complexity index is 590. The predicted molar refractivity (Wildman–Crippen MR) is 67.1 cm³/mol. The second-order valence-corrected chi connectivity index (χ2v) is 3.86. The Morgan fingerprint density at radius 1 is 1.21 bits per heavy atom. The highest BCUT2D eigenvalue weighted by Crippen LogP contribution is 2.23. The molecule has 0 atom stereocenters. The van der Waals surface area contributed by atoms with Gasteiger partial charge in [-0.3, -0.25) is 0 Å². The first kappa shape index (κ1) is 13.4. The molecular weight excluding hydrogens is 252 g/mol. The van der Waals surface area contributed by atoms with Crippen LogP contribution in [0.3, 0.4) is 0 Å². The van der Waals surface area contributed by atoms with Crippen LogP contribution in [-0.2, 0) is 11.3 Å². The van der Waals surface area contributed by atoms with E-state index in [0.29, 0.717) is 18.1 Å². The van der Waals surface area contributed by atoms with Gasteiger partial charge >= 0.3 is 0 Å². The van der Waals surface area contributed by atoms with Crippen molar-refractivity contribution in [2.45, 2.75) is 13.5 Å². The molecule has 0 radical (unpaired) electrons. The summed E-state index contributed by atoms with van der Waals surface area (Å²) >= 11 is 0. The summed E-state index contributed by atoms with van der Waals surface area (Å²) in [4.78, 5) is 8.14. The van der Waals surface area contributed by atoms with E-state index >= 15 is 0 Å². The first-order valence-corrected chi connectivity index (χ1v) is 5.76. The Kier molecular flexibility index (Phi) is 4.01. The highest BCUT2D eigenvalue weighted by molar-refractivity contribution is 5.62. The molecule has 2 N–H and O–H groups in total. The van der Waals surface area contributed by atoms with Crippen LogP contribution in [0, 0.1) is 11.6 Å². The summed E-state index contributed by atoms with van der Waals surface area (Å²) in [7, 11) is 0. The summed E-state index contributed by atoms with van der Waals surface area (Å²) in [5.41, 5.74) is 6.12. The minimum atomic E-state index is -0.694. The van der Waals surface area contributed by atoms with Crippen molar-refractivity contribution < 1.29 is 13.5 Å². The average Bonchev–Trinajstić information content (AvgIpc) is 2.35. The zero-order valence-electron chi connectivity index (χ0n) is 10.4. The second-order valence-electron chi connectivity index (χ2n) is 3.86. The molecule has 0 fully saturated rings. The van der Waals surface area contributed by atoms with E-state index in [9.17, 15) is 8.78 Å². The van der Waals surface area contributed by atoms with Crippen molar-refractivity contribution in [3.05, 3.63) is 41.7 Å². The van der Waals surface area contributed by atoms with E-state index in [1.807, 2.05) is 6.92 Å². The molecule has 1 heterocycles. The van der Waals surface area contributed by atoms with Crippen LogP contribution < -0.4 is 5.73 Å². The highest BCUT2D eigenvalue weighted by Gasteiger charge is 2.10. The van der Waals surface area contributed by atoms with Crippen LogP contribution in [0.2, 0.25) is 0 Å². The molecule has 2 rings (SSSR count). The van der Waals surface area contributed by atoms with Crippen LogP contribution in [0.1, 0.15) is 12.7 Å². The number of hydrogen-bond donors (Lipinski definition) is 1. The van der Waals surface area contributed by atoms with E-state index in [2.05, 4.69) is 9.97 Å². The lowest BCUT2D eigenvalue weighted by Crippen LogP contribution is -2.04. The molecule has 1 aromatic heterocycles. The summed E-state index contributed by atoms with van der Waals surface area (Å²) in [5.74, 6) is -0.762. The predicted octanol–water partition coefficient (Wildman–Crippen LogP) is 2.54. The molecule has 0 saturated heterocycles. The molecule has 0 aliphatic rings. The molecule has 6 heteroatoms. The van der Waals surface area contributed by atoms with Gasteiger partial charge in [-0.05, 0) is 19.1 Å². The molecule has 0 aliphatic heterocycles. The Labute approximate surface area is 109 Å². The number of ether oxygens (including phenoxy) is 1. The summed E-state index contributed by atoms with van der Waals surface area (Å²) in [6, 6.07) is 4.72. The van der Waals surface area contributed by atoms with Crippen molar-refractivity contribution in [2.75, 3.05) is 12.3 Å². The lowest BCUT2D eigenvalue weighted by atomic mass is 10.1. The largest absolute Gasteiger partial charge is 0.384 e.